The summed E-state index contributed by atoms with van der Waals surface area (Å²) in [6.45, 7) is 0.230. The highest BCUT2D eigenvalue weighted by Crippen LogP contribution is 2.44. The molecular formula is C32H29F2IN2O3. The summed E-state index contributed by atoms with van der Waals surface area (Å²) in [4.78, 5) is 14.9. The molecule has 4 aromatic carbocycles. The summed E-state index contributed by atoms with van der Waals surface area (Å²) in [5, 5.41) is 10.9. The molecule has 0 bridgehead atoms. The largest absolute Gasteiger partial charge is 0.448 e. The third kappa shape index (κ3) is 6.51. The van der Waals surface area contributed by atoms with Crippen LogP contribution in [0.1, 0.15) is 28.2 Å². The Morgan fingerprint density at radius 1 is 0.900 bits per heavy atom. The maximum absolute atomic E-state index is 13.7. The average molecular weight is 654 g/mol. The van der Waals surface area contributed by atoms with E-state index in [0.29, 0.717) is 5.56 Å². The Labute approximate surface area is 245 Å². The lowest BCUT2D eigenvalue weighted by atomic mass is 9.98. The van der Waals surface area contributed by atoms with Gasteiger partial charge in [-0.25, -0.2) is 13.6 Å². The zero-order valence-corrected chi connectivity index (χ0v) is 23.8. The number of aliphatic hydroxyl groups excluding tert-OH is 1. The number of aliphatic hydroxyl groups is 1. The summed E-state index contributed by atoms with van der Waals surface area (Å²) in [6.07, 6.45) is -1.70. The van der Waals surface area contributed by atoms with Crippen molar-refractivity contribution in [3.8, 4) is 11.1 Å². The first-order chi connectivity index (χ1) is 19.3. The molecule has 1 aliphatic carbocycles. The van der Waals surface area contributed by atoms with Crippen LogP contribution in [0, 0.1) is 15.2 Å². The van der Waals surface area contributed by atoms with Gasteiger partial charge < -0.3 is 20.5 Å². The number of rotatable bonds is 9. The molecule has 4 aromatic rings. The van der Waals surface area contributed by atoms with Gasteiger partial charge in [0.05, 0.1) is 12.6 Å². The Kier molecular flexibility index (Phi) is 8.78. The second kappa shape index (κ2) is 12.4. The van der Waals surface area contributed by atoms with E-state index in [-0.39, 0.29) is 32.0 Å². The van der Waals surface area contributed by atoms with Gasteiger partial charge >= 0.3 is 6.09 Å². The fraction of sp³-hybridized carbons (Fsp3) is 0.219. The van der Waals surface area contributed by atoms with Crippen LogP contribution < -0.4 is 5.73 Å². The quantitative estimate of drug-likeness (QED) is 0.209. The second-order valence-corrected chi connectivity index (χ2v) is 11.3. The molecule has 0 aromatic heterocycles. The zero-order valence-electron chi connectivity index (χ0n) is 21.6. The summed E-state index contributed by atoms with van der Waals surface area (Å²) in [5.41, 5.74) is 11.9. The van der Waals surface area contributed by atoms with E-state index < -0.39 is 29.9 Å². The van der Waals surface area contributed by atoms with Crippen LogP contribution in [0.4, 0.5) is 13.6 Å². The SMILES string of the molecule is N[C@@H](Cc1cc(F)cc(F)c1)[C@H](O)CN(Cc1cccc(I)c1)C(=O)OCC1c2ccccc2-c2ccccc21. The van der Waals surface area contributed by atoms with E-state index in [2.05, 4.69) is 46.9 Å². The highest BCUT2D eigenvalue weighted by atomic mass is 127. The summed E-state index contributed by atoms with van der Waals surface area (Å²) in [5.74, 6) is -1.53. The van der Waals surface area contributed by atoms with Gasteiger partial charge in [-0.05, 0) is 86.7 Å². The topological polar surface area (TPSA) is 75.8 Å². The fourth-order valence-corrected chi connectivity index (χ4v) is 5.85. The number of halogens is 3. The number of hydrogen-bond donors (Lipinski definition) is 2. The molecule has 1 amide bonds. The Morgan fingerprint density at radius 2 is 1.52 bits per heavy atom. The molecule has 0 unspecified atom stereocenters. The van der Waals surface area contributed by atoms with Gasteiger partial charge in [-0.15, -0.1) is 0 Å². The molecule has 1 aliphatic rings. The minimum absolute atomic E-state index is 0.0393. The van der Waals surface area contributed by atoms with Crippen LogP contribution >= 0.6 is 22.6 Å². The van der Waals surface area contributed by atoms with Gasteiger partial charge in [0, 0.05) is 28.1 Å². The molecule has 5 rings (SSSR count). The minimum Gasteiger partial charge on any atom is -0.448 e. The van der Waals surface area contributed by atoms with Crippen LogP contribution in [0.25, 0.3) is 11.1 Å². The molecule has 5 nitrogen and oxygen atoms in total. The number of carbonyl (C=O) groups is 1. The van der Waals surface area contributed by atoms with Gasteiger partial charge in [0.15, 0.2) is 0 Å². The number of fused-ring (bicyclic) bond motifs is 3. The molecule has 0 fully saturated rings. The van der Waals surface area contributed by atoms with E-state index in [1.54, 1.807) is 0 Å². The van der Waals surface area contributed by atoms with Gasteiger partial charge in [0.1, 0.15) is 18.2 Å². The molecule has 0 saturated heterocycles. The summed E-state index contributed by atoms with van der Waals surface area (Å²) >= 11 is 2.20. The first kappa shape index (κ1) is 28.2. The summed E-state index contributed by atoms with van der Waals surface area (Å²) in [7, 11) is 0. The number of hydrogen-bond acceptors (Lipinski definition) is 4. The maximum atomic E-state index is 13.7. The number of benzene rings is 4. The van der Waals surface area contributed by atoms with Crippen LogP contribution in [0.15, 0.2) is 91.0 Å². The molecular weight excluding hydrogens is 625 g/mol. The highest BCUT2D eigenvalue weighted by molar-refractivity contribution is 14.1. The smallest absolute Gasteiger partial charge is 0.410 e. The third-order valence-electron chi connectivity index (χ3n) is 7.15. The standard InChI is InChI=1S/C32H29F2IN2O3/c33-22-12-21(13-23(34)16-22)15-30(36)31(38)18-37(17-20-6-5-7-24(35)14-20)32(39)40-19-29-27-10-3-1-8-25(27)26-9-2-4-11-28(26)29/h1-14,16,29-31,38H,15,17-19,36H2/t30-,31+/m0/s1. The van der Waals surface area contributed by atoms with Gasteiger partial charge in [-0.2, -0.15) is 0 Å². The number of ether oxygens (including phenoxy) is 1. The minimum atomic E-state index is -1.16. The van der Waals surface area contributed by atoms with E-state index in [4.69, 9.17) is 10.5 Å². The summed E-state index contributed by atoms with van der Waals surface area (Å²) in [6, 6.07) is 26.2. The average Bonchev–Trinajstić information content (AvgIpc) is 3.24. The lowest BCUT2D eigenvalue weighted by Gasteiger charge is -2.28. The number of nitrogens with zero attached hydrogens (tertiary/aromatic N) is 1. The predicted octanol–water partition coefficient (Wildman–Crippen LogP) is 6.25. The molecule has 206 valence electrons. The van der Waals surface area contributed by atoms with Crippen LogP contribution in [0.3, 0.4) is 0 Å². The fourth-order valence-electron chi connectivity index (χ4n) is 5.24. The van der Waals surface area contributed by atoms with Crippen molar-refractivity contribution in [2.24, 2.45) is 5.73 Å². The third-order valence-corrected chi connectivity index (χ3v) is 7.82. The molecule has 0 radical (unpaired) electrons. The van der Waals surface area contributed by atoms with E-state index >= 15 is 0 Å². The molecule has 3 N–H and O–H groups in total. The van der Waals surface area contributed by atoms with Crippen molar-refractivity contribution in [1.29, 1.82) is 0 Å². The van der Waals surface area contributed by atoms with Crippen LogP contribution in [-0.4, -0.2) is 41.4 Å². The van der Waals surface area contributed by atoms with Crippen molar-refractivity contribution >= 4 is 28.7 Å². The van der Waals surface area contributed by atoms with E-state index in [0.717, 1.165) is 37.5 Å². The molecule has 0 spiro atoms. The first-order valence-corrected chi connectivity index (χ1v) is 14.1. The van der Waals surface area contributed by atoms with Gasteiger partial charge in [0.25, 0.3) is 0 Å². The number of carbonyl (C=O) groups excluding carboxylic acids is 1. The van der Waals surface area contributed by atoms with E-state index in [1.165, 1.54) is 17.0 Å². The Hall–Kier alpha value is -3.34. The van der Waals surface area contributed by atoms with Crippen LogP contribution in [0.2, 0.25) is 0 Å². The molecule has 0 aliphatic heterocycles. The first-order valence-electron chi connectivity index (χ1n) is 13.0. The monoisotopic (exact) mass is 654 g/mol. The molecule has 2 atom stereocenters. The number of amides is 1. The highest BCUT2D eigenvalue weighted by Gasteiger charge is 2.30. The maximum Gasteiger partial charge on any atom is 0.410 e. The van der Waals surface area contributed by atoms with Crippen molar-refractivity contribution in [2.75, 3.05) is 13.2 Å². The van der Waals surface area contributed by atoms with Gasteiger partial charge in [-0.3, -0.25) is 0 Å². The Morgan fingerprint density at radius 3 is 2.15 bits per heavy atom. The van der Waals surface area contributed by atoms with Gasteiger partial charge in [-0.1, -0.05) is 60.7 Å². The van der Waals surface area contributed by atoms with Crippen LogP contribution in [0.5, 0.6) is 0 Å². The van der Waals surface area contributed by atoms with Crippen molar-refractivity contribution < 1.29 is 23.4 Å². The van der Waals surface area contributed by atoms with Gasteiger partial charge in [0.2, 0.25) is 0 Å². The van der Waals surface area contributed by atoms with E-state index in [1.807, 2.05) is 48.5 Å². The van der Waals surface area contributed by atoms with Crippen molar-refractivity contribution in [2.45, 2.75) is 31.0 Å². The Balaban J connectivity index is 1.32. The lowest BCUT2D eigenvalue weighted by molar-refractivity contribution is 0.0597. The van der Waals surface area contributed by atoms with Crippen LogP contribution in [-0.2, 0) is 17.7 Å². The summed E-state index contributed by atoms with van der Waals surface area (Å²) < 4.78 is 34.2. The Bertz CT molecular complexity index is 1450. The van der Waals surface area contributed by atoms with Crippen molar-refractivity contribution in [1.82, 2.24) is 4.90 Å². The lowest BCUT2D eigenvalue weighted by Crippen LogP contribution is -2.46. The molecule has 8 heteroatoms. The zero-order chi connectivity index (χ0) is 28.2. The number of nitrogens with two attached hydrogens (primary N) is 1. The van der Waals surface area contributed by atoms with E-state index in [9.17, 15) is 18.7 Å². The van der Waals surface area contributed by atoms with Crippen molar-refractivity contribution in [3.05, 3.63) is 128 Å². The predicted molar refractivity (Wildman–Crippen MR) is 159 cm³/mol. The molecule has 0 heterocycles. The molecule has 0 saturated carbocycles. The van der Waals surface area contributed by atoms with Crippen molar-refractivity contribution in [3.63, 3.8) is 0 Å². The normalized spacial score (nSPS) is 13.8. The molecule has 40 heavy (non-hydrogen) atoms. The second-order valence-electron chi connectivity index (χ2n) is 10.0.